The number of carbonyl (C=O) groups excluding carboxylic acids is 1. The molecule has 0 aliphatic heterocycles. The third kappa shape index (κ3) is 3.68. The van der Waals surface area contributed by atoms with E-state index in [2.05, 4.69) is 10.2 Å². The second-order valence-electron chi connectivity index (χ2n) is 6.35. The quantitative estimate of drug-likeness (QED) is 0.624. The Hall–Kier alpha value is -2.12. The van der Waals surface area contributed by atoms with Gasteiger partial charge in [0.05, 0.1) is 6.42 Å². The lowest BCUT2D eigenvalue weighted by atomic mass is 10.2. The van der Waals surface area contributed by atoms with E-state index in [9.17, 15) is 9.18 Å². The van der Waals surface area contributed by atoms with Crippen molar-refractivity contribution in [3.63, 3.8) is 0 Å². The van der Waals surface area contributed by atoms with Gasteiger partial charge in [-0.2, -0.15) is 0 Å². The van der Waals surface area contributed by atoms with E-state index in [4.69, 9.17) is 0 Å². The van der Waals surface area contributed by atoms with Gasteiger partial charge < -0.3 is 0 Å². The van der Waals surface area contributed by atoms with Crippen LogP contribution in [0, 0.1) is 5.82 Å². The molecule has 1 aliphatic rings. The van der Waals surface area contributed by atoms with Gasteiger partial charge in [0, 0.05) is 16.5 Å². The van der Waals surface area contributed by atoms with Gasteiger partial charge in [-0.15, -0.1) is 21.5 Å². The minimum atomic E-state index is -0.280. The van der Waals surface area contributed by atoms with Crippen LogP contribution in [0.25, 0.3) is 10.6 Å². The fraction of sp³-hybridized carbons (Fsp3) is 0.316. The SMILES string of the molecule is O=C(Cc1cccs1)N(c1nnc(-c2ccc(F)cc2)s1)C1CCCC1. The topological polar surface area (TPSA) is 46.1 Å². The Labute approximate surface area is 159 Å². The molecule has 4 rings (SSSR count). The summed E-state index contributed by atoms with van der Waals surface area (Å²) in [6.07, 6.45) is 4.66. The molecular formula is C19H18FN3OS2. The fourth-order valence-electron chi connectivity index (χ4n) is 3.30. The predicted octanol–water partition coefficient (Wildman–Crippen LogP) is 4.92. The van der Waals surface area contributed by atoms with Crippen LogP contribution < -0.4 is 4.90 Å². The number of halogens is 1. The molecule has 1 aliphatic carbocycles. The van der Waals surface area contributed by atoms with Crippen LogP contribution in [0.3, 0.4) is 0 Å². The molecule has 3 aromatic rings. The third-order valence-electron chi connectivity index (χ3n) is 4.58. The normalized spacial score (nSPS) is 14.7. The molecule has 2 heterocycles. The van der Waals surface area contributed by atoms with Crippen LogP contribution in [0.4, 0.5) is 9.52 Å². The Morgan fingerprint density at radius 2 is 1.92 bits per heavy atom. The third-order valence-corrected chi connectivity index (χ3v) is 6.42. The molecule has 0 atom stereocenters. The lowest BCUT2D eigenvalue weighted by Gasteiger charge is -2.25. The smallest absolute Gasteiger partial charge is 0.234 e. The van der Waals surface area contributed by atoms with Gasteiger partial charge in [-0.25, -0.2) is 4.39 Å². The monoisotopic (exact) mass is 387 g/mol. The zero-order valence-electron chi connectivity index (χ0n) is 14.1. The van der Waals surface area contributed by atoms with Crippen molar-refractivity contribution < 1.29 is 9.18 Å². The number of aromatic nitrogens is 2. The minimum Gasteiger partial charge on any atom is -0.283 e. The highest BCUT2D eigenvalue weighted by atomic mass is 32.1. The van der Waals surface area contributed by atoms with Crippen molar-refractivity contribution in [2.24, 2.45) is 0 Å². The molecule has 26 heavy (non-hydrogen) atoms. The number of carbonyl (C=O) groups is 1. The van der Waals surface area contributed by atoms with Crippen molar-refractivity contribution in [1.29, 1.82) is 0 Å². The van der Waals surface area contributed by atoms with E-state index in [1.165, 1.54) is 23.5 Å². The van der Waals surface area contributed by atoms with Gasteiger partial charge >= 0.3 is 0 Å². The molecule has 0 radical (unpaired) electrons. The zero-order chi connectivity index (χ0) is 17.9. The van der Waals surface area contributed by atoms with Gasteiger partial charge in [0.25, 0.3) is 0 Å². The first-order chi connectivity index (χ1) is 12.7. The van der Waals surface area contributed by atoms with Crippen LogP contribution in [0.5, 0.6) is 0 Å². The summed E-state index contributed by atoms with van der Waals surface area (Å²) in [5, 5.41) is 11.9. The summed E-state index contributed by atoms with van der Waals surface area (Å²) in [6.45, 7) is 0. The summed E-state index contributed by atoms with van der Waals surface area (Å²) in [6, 6.07) is 10.3. The molecule has 134 valence electrons. The summed E-state index contributed by atoms with van der Waals surface area (Å²) in [5.74, 6) is -0.210. The van der Waals surface area contributed by atoms with Crippen molar-refractivity contribution in [3.8, 4) is 10.6 Å². The molecule has 0 bridgehead atoms. The molecule has 1 fully saturated rings. The summed E-state index contributed by atoms with van der Waals surface area (Å²) < 4.78 is 13.1. The van der Waals surface area contributed by atoms with E-state index in [-0.39, 0.29) is 17.8 Å². The first-order valence-corrected chi connectivity index (χ1v) is 10.3. The second-order valence-corrected chi connectivity index (χ2v) is 8.34. The second kappa shape index (κ2) is 7.63. The molecular weight excluding hydrogens is 369 g/mol. The van der Waals surface area contributed by atoms with Crippen molar-refractivity contribution in [2.75, 3.05) is 4.90 Å². The van der Waals surface area contributed by atoms with E-state index in [0.29, 0.717) is 16.6 Å². The van der Waals surface area contributed by atoms with Crippen LogP contribution in [0.1, 0.15) is 30.6 Å². The van der Waals surface area contributed by atoms with E-state index in [1.807, 2.05) is 22.4 Å². The molecule has 0 saturated heterocycles. The van der Waals surface area contributed by atoms with Crippen molar-refractivity contribution >= 4 is 33.7 Å². The molecule has 4 nitrogen and oxygen atoms in total. The molecule has 1 saturated carbocycles. The van der Waals surface area contributed by atoms with Crippen LogP contribution in [0.15, 0.2) is 41.8 Å². The Balaban J connectivity index is 1.61. The van der Waals surface area contributed by atoms with Crippen LogP contribution in [0.2, 0.25) is 0 Å². The largest absolute Gasteiger partial charge is 0.283 e. The summed E-state index contributed by atoms with van der Waals surface area (Å²) in [7, 11) is 0. The van der Waals surface area contributed by atoms with Crippen LogP contribution in [-0.4, -0.2) is 22.1 Å². The van der Waals surface area contributed by atoms with Crippen LogP contribution in [-0.2, 0) is 11.2 Å². The molecule has 2 aromatic heterocycles. The van der Waals surface area contributed by atoms with E-state index < -0.39 is 0 Å². The van der Waals surface area contributed by atoms with Gasteiger partial charge in [-0.1, -0.05) is 30.2 Å². The first kappa shape index (κ1) is 17.3. The number of hydrogen-bond acceptors (Lipinski definition) is 5. The zero-order valence-corrected chi connectivity index (χ0v) is 15.7. The predicted molar refractivity (Wildman–Crippen MR) is 103 cm³/mol. The highest BCUT2D eigenvalue weighted by Gasteiger charge is 2.30. The Kier molecular flexibility index (Phi) is 5.08. The Bertz CT molecular complexity index is 871. The maximum absolute atomic E-state index is 13.1. The molecule has 0 unspecified atom stereocenters. The van der Waals surface area contributed by atoms with E-state index in [0.717, 1.165) is 36.1 Å². The number of nitrogens with zero attached hydrogens (tertiary/aromatic N) is 3. The Morgan fingerprint density at radius 3 is 2.62 bits per heavy atom. The van der Waals surface area contributed by atoms with Gasteiger partial charge in [-0.05, 0) is 48.6 Å². The van der Waals surface area contributed by atoms with Gasteiger partial charge in [0.1, 0.15) is 10.8 Å². The highest BCUT2D eigenvalue weighted by Crippen LogP contribution is 2.34. The molecule has 1 aromatic carbocycles. The standard InChI is InChI=1S/C19H18FN3OS2/c20-14-9-7-13(8-10-14)18-21-22-19(26-18)23(15-4-1-2-5-15)17(24)12-16-6-3-11-25-16/h3,6-11,15H,1-2,4-5,12H2. The first-order valence-electron chi connectivity index (χ1n) is 8.64. The summed E-state index contributed by atoms with van der Waals surface area (Å²) in [5.41, 5.74) is 0.812. The molecule has 0 spiro atoms. The molecule has 7 heteroatoms. The van der Waals surface area contributed by atoms with Crippen molar-refractivity contribution in [1.82, 2.24) is 10.2 Å². The number of thiophene rings is 1. The molecule has 1 amide bonds. The van der Waals surface area contributed by atoms with Gasteiger partial charge in [0.2, 0.25) is 11.0 Å². The van der Waals surface area contributed by atoms with E-state index >= 15 is 0 Å². The maximum atomic E-state index is 13.1. The average Bonchev–Trinajstić information content (AvgIpc) is 3.38. The lowest BCUT2D eigenvalue weighted by Crippen LogP contribution is -2.39. The number of anilines is 1. The van der Waals surface area contributed by atoms with Gasteiger partial charge in [-0.3, -0.25) is 9.69 Å². The number of benzene rings is 1. The minimum absolute atomic E-state index is 0.0705. The average molecular weight is 388 g/mol. The summed E-state index contributed by atoms with van der Waals surface area (Å²) in [4.78, 5) is 15.9. The lowest BCUT2D eigenvalue weighted by molar-refractivity contribution is -0.118. The number of hydrogen-bond donors (Lipinski definition) is 0. The maximum Gasteiger partial charge on any atom is 0.234 e. The van der Waals surface area contributed by atoms with Crippen molar-refractivity contribution in [2.45, 2.75) is 38.1 Å². The molecule has 0 N–H and O–H groups in total. The fourth-order valence-corrected chi connectivity index (χ4v) is 4.93. The van der Waals surface area contributed by atoms with E-state index in [1.54, 1.807) is 23.5 Å². The highest BCUT2D eigenvalue weighted by molar-refractivity contribution is 7.18. The number of rotatable bonds is 5. The summed E-state index contributed by atoms with van der Waals surface area (Å²) >= 11 is 2.99. The Morgan fingerprint density at radius 1 is 1.15 bits per heavy atom. The van der Waals surface area contributed by atoms with Crippen molar-refractivity contribution in [3.05, 3.63) is 52.5 Å². The number of amides is 1. The van der Waals surface area contributed by atoms with Crippen LogP contribution >= 0.6 is 22.7 Å². The van der Waals surface area contributed by atoms with Gasteiger partial charge in [0.15, 0.2) is 0 Å².